The zero-order chi connectivity index (χ0) is 9.97. The molecular formula is C8H11ClN4O. The van der Waals surface area contributed by atoms with E-state index in [1.165, 1.54) is 0 Å². The first kappa shape index (κ1) is 9.36. The minimum absolute atomic E-state index is 0.274. The first-order valence-corrected chi connectivity index (χ1v) is 4.64. The van der Waals surface area contributed by atoms with E-state index in [1.54, 1.807) is 12.5 Å². The number of nitrogens with one attached hydrogen (secondary N) is 3. The van der Waals surface area contributed by atoms with Gasteiger partial charge in [0.15, 0.2) is 0 Å². The van der Waals surface area contributed by atoms with Crippen molar-refractivity contribution in [3.63, 3.8) is 0 Å². The lowest BCUT2D eigenvalue weighted by Crippen LogP contribution is -2.12. The summed E-state index contributed by atoms with van der Waals surface area (Å²) in [6.07, 6.45) is 3.02. The van der Waals surface area contributed by atoms with Crippen LogP contribution < -0.4 is 10.6 Å². The summed E-state index contributed by atoms with van der Waals surface area (Å²) in [5.74, 6) is 0. The smallest absolute Gasteiger partial charge is 0.215 e. The number of halogens is 1. The average Bonchev–Trinajstić information content (AvgIpc) is 2.77. The van der Waals surface area contributed by atoms with Gasteiger partial charge in [0.1, 0.15) is 12.0 Å². The second kappa shape index (κ2) is 3.89. The van der Waals surface area contributed by atoms with E-state index in [1.807, 2.05) is 7.05 Å². The number of hydrogen-bond acceptors (Lipinski definition) is 4. The summed E-state index contributed by atoms with van der Waals surface area (Å²) in [5, 5.41) is 13.5. The van der Waals surface area contributed by atoms with Crippen LogP contribution in [-0.2, 0) is 11.3 Å². The molecule has 0 aromatic carbocycles. The fourth-order valence-corrected chi connectivity index (χ4v) is 1.53. The Bertz CT molecular complexity index is 341. The first-order chi connectivity index (χ1) is 6.83. The molecule has 0 bridgehead atoms. The zero-order valence-electron chi connectivity index (χ0n) is 7.67. The van der Waals surface area contributed by atoms with Crippen LogP contribution in [0.25, 0.3) is 0 Å². The number of hydrogen-bond donors (Lipinski definition) is 3. The normalized spacial score (nSPS) is 19.4. The molecule has 1 aliphatic heterocycles. The van der Waals surface area contributed by atoms with Crippen molar-refractivity contribution in [1.29, 1.82) is 0 Å². The van der Waals surface area contributed by atoms with E-state index < -0.39 is 0 Å². The molecule has 1 unspecified atom stereocenters. The number of ether oxygens (including phenoxy) is 1. The average molecular weight is 215 g/mol. The van der Waals surface area contributed by atoms with Gasteiger partial charge < -0.3 is 15.4 Å². The Balaban J connectivity index is 2.18. The second-order valence-electron chi connectivity index (χ2n) is 2.92. The van der Waals surface area contributed by atoms with E-state index in [9.17, 15) is 0 Å². The van der Waals surface area contributed by atoms with Crippen LogP contribution in [0.15, 0.2) is 12.5 Å². The highest BCUT2D eigenvalue weighted by Crippen LogP contribution is 2.26. The van der Waals surface area contributed by atoms with Crippen molar-refractivity contribution in [2.45, 2.75) is 12.8 Å². The van der Waals surface area contributed by atoms with Gasteiger partial charge >= 0.3 is 0 Å². The van der Waals surface area contributed by atoms with Gasteiger partial charge in [0.05, 0.1) is 10.7 Å². The summed E-state index contributed by atoms with van der Waals surface area (Å²) in [6, 6.07) is 0. The van der Waals surface area contributed by atoms with Crippen molar-refractivity contribution in [1.82, 2.24) is 20.8 Å². The van der Waals surface area contributed by atoms with E-state index in [2.05, 4.69) is 20.8 Å². The molecule has 0 saturated heterocycles. The summed E-state index contributed by atoms with van der Waals surface area (Å²) < 4.78 is 5.23. The van der Waals surface area contributed by atoms with Gasteiger partial charge in [-0.2, -0.15) is 5.10 Å². The van der Waals surface area contributed by atoms with Gasteiger partial charge in [-0.05, 0) is 7.05 Å². The number of aromatic nitrogens is 2. The molecule has 2 rings (SSSR count). The Morgan fingerprint density at radius 2 is 2.57 bits per heavy atom. The number of rotatable bonds is 3. The van der Waals surface area contributed by atoms with Crippen LogP contribution in [0, 0.1) is 0 Å². The third kappa shape index (κ3) is 1.56. The highest BCUT2D eigenvalue weighted by Gasteiger charge is 2.21. The van der Waals surface area contributed by atoms with Gasteiger partial charge in [0.2, 0.25) is 6.23 Å². The molecule has 0 saturated carbocycles. The Hall–Kier alpha value is -1.20. The number of H-pyrrole nitrogens is 1. The molecular weight excluding hydrogens is 204 g/mol. The van der Waals surface area contributed by atoms with Crippen molar-refractivity contribution in [3.05, 3.63) is 28.9 Å². The van der Waals surface area contributed by atoms with Crippen LogP contribution in [0.5, 0.6) is 0 Å². The van der Waals surface area contributed by atoms with Gasteiger partial charge in [0.25, 0.3) is 0 Å². The maximum atomic E-state index is 6.10. The van der Waals surface area contributed by atoms with Crippen molar-refractivity contribution in [2.75, 3.05) is 7.05 Å². The summed E-state index contributed by atoms with van der Waals surface area (Å²) in [7, 11) is 1.85. The molecule has 6 heteroatoms. The van der Waals surface area contributed by atoms with Crippen molar-refractivity contribution < 1.29 is 4.74 Å². The lowest BCUT2D eigenvalue weighted by atomic mass is 10.3. The molecule has 1 atom stereocenters. The molecule has 2 heterocycles. The largest absolute Gasteiger partial charge is 0.471 e. The van der Waals surface area contributed by atoms with Gasteiger partial charge in [-0.1, -0.05) is 11.6 Å². The molecule has 1 aromatic heterocycles. The number of aromatic amines is 1. The van der Waals surface area contributed by atoms with Gasteiger partial charge in [-0.25, -0.2) is 0 Å². The van der Waals surface area contributed by atoms with Crippen LogP contribution in [0.4, 0.5) is 0 Å². The van der Waals surface area contributed by atoms with Gasteiger partial charge in [0, 0.05) is 12.7 Å². The molecule has 0 spiro atoms. The van der Waals surface area contributed by atoms with Crippen molar-refractivity contribution in [2.24, 2.45) is 0 Å². The van der Waals surface area contributed by atoms with Crippen LogP contribution >= 0.6 is 11.6 Å². The molecule has 76 valence electrons. The molecule has 5 nitrogen and oxygen atoms in total. The quantitative estimate of drug-likeness (QED) is 0.699. The van der Waals surface area contributed by atoms with Gasteiger partial charge in [-0.15, -0.1) is 0 Å². The van der Waals surface area contributed by atoms with Crippen LogP contribution in [0.2, 0.25) is 5.02 Å². The third-order valence-electron chi connectivity index (χ3n) is 1.93. The minimum Gasteiger partial charge on any atom is -0.471 e. The predicted molar refractivity (Wildman–Crippen MR) is 52.5 cm³/mol. The second-order valence-corrected chi connectivity index (χ2v) is 3.30. The highest BCUT2D eigenvalue weighted by atomic mass is 35.5. The SMILES string of the molecule is CNCc1[nH]nc(C2NC=CO2)c1Cl. The van der Waals surface area contributed by atoms with Crippen molar-refractivity contribution >= 4 is 11.6 Å². The van der Waals surface area contributed by atoms with E-state index >= 15 is 0 Å². The molecule has 0 fully saturated rings. The van der Waals surface area contributed by atoms with Crippen LogP contribution in [0.1, 0.15) is 17.6 Å². The summed E-state index contributed by atoms with van der Waals surface area (Å²) in [4.78, 5) is 0. The van der Waals surface area contributed by atoms with Crippen LogP contribution in [-0.4, -0.2) is 17.2 Å². The molecule has 3 N–H and O–H groups in total. The first-order valence-electron chi connectivity index (χ1n) is 4.26. The Kier molecular flexibility index (Phi) is 2.60. The fourth-order valence-electron chi connectivity index (χ4n) is 1.28. The Labute approximate surface area is 86.5 Å². The fraction of sp³-hybridized carbons (Fsp3) is 0.375. The lowest BCUT2D eigenvalue weighted by molar-refractivity contribution is 0.150. The van der Waals surface area contributed by atoms with Gasteiger partial charge in [-0.3, -0.25) is 5.10 Å². The maximum Gasteiger partial charge on any atom is 0.215 e. The zero-order valence-corrected chi connectivity index (χ0v) is 8.43. The van der Waals surface area contributed by atoms with E-state index in [-0.39, 0.29) is 6.23 Å². The standard InChI is InChI=1S/C8H11ClN4O/c1-10-4-5-6(9)7(13-12-5)8-11-2-3-14-8/h2-3,8,10-11H,4H2,1H3,(H,12,13). The summed E-state index contributed by atoms with van der Waals surface area (Å²) >= 11 is 6.10. The molecule has 14 heavy (non-hydrogen) atoms. The summed E-state index contributed by atoms with van der Waals surface area (Å²) in [6.45, 7) is 0.659. The molecule has 0 amide bonds. The summed E-state index contributed by atoms with van der Waals surface area (Å²) in [5.41, 5.74) is 1.54. The highest BCUT2D eigenvalue weighted by molar-refractivity contribution is 6.31. The monoisotopic (exact) mass is 214 g/mol. The van der Waals surface area contributed by atoms with E-state index in [0.29, 0.717) is 17.3 Å². The topological polar surface area (TPSA) is 62.0 Å². The lowest BCUT2D eigenvalue weighted by Gasteiger charge is -2.07. The molecule has 1 aromatic rings. The molecule has 0 radical (unpaired) electrons. The minimum atomic E-state index is -0.274. The maximum absolute atomic E-state index is 6.10. The Morgan fingerprint density at radius 3 is 3.21 bits per heavy atom. The van der Waals surface area contributed by atoms with Crippen LogP contribution in [0.3, 0.4) is 0 Å². The van der Waals surface area contributed by atoms with E-state index in [4.69, 9.17) is 16.3 Å². The molecule has 1 aliphatic rings. The van der Waals surface area contributed by atoms with Crippen molar-refractivity contribution in [3.8, 4) is 0 Å². The predicted octanol–water partition coefficient (Wildman–Crippen LogP) is 0.872. The number of nitrogens with zero attached hydrogens (tertiary/aromatic N) is 1. The molecule has 0 aliphatic carbocycles. The third-order valence-corrected chi connectivity index (χ3v) is 2.36. The Morgan fingerprint density at radius 1 is 1.71 bits per heavy atom. The van der Waals surface area contributed by atoms with E-state index in [0.717, 1.165) is 5.69 Å².